The molecule has 1 fully saturated rings. The van der Waals surface area contributed by atoms with Gasteiger partial charge < -0.3 is 4.57 Å². The van der Waals surface area contributed by atoms with E-state index in [1.54, 1.807) is 0 Å². The van der Waals surface area contributed by atoms with Crippen LogP contribution in [-0.4, -0.2) is 9.55 Å². The van der Waals surface area contributed by atoms with Gasteiger partial charge in [0.2, 0.25) is 0 Å². The molecule has 2 heteroatoms. The molecular formula is C11H18N2. The zero-order valence-corrected chi connectivity index (χ0v) is 8.75. The van der Waals surface area contributed by atoms with Crippen molar-refractivity contribution in [3.63, 3.8) is 0 Å². The summed E-state index contributed by atoms with van der Waals surface area (Å²) >= 11 is 0. The van der Waals surface area contributed by atoms with Crippen molar-refractivity contribution in [1.82, 2.24) is 9.55 Å². The summed E-state index contributed by atoms with van der Waals surface area (Å²) in [5.74, 6) is 2.00. The van der Waals surface area contributed by atoms with Crippen molar-refractivity contribution >= 4 is 0 Å². The predicted molar refractivity (Wildman–Crippen MR) is 53.6 cm³/mol. The minimum absolute atomic E-state index is 0.387. The van der Waals surface area contributed by atoms with Crippen LogP contribution in [0.25, 0.3) is 0 Å². The molecule has 1 aliphatic rings. The van der Waals surface area contributed by atoms with Crippen LogP contribution >= 0.6 is 0 Å². The molecule has 0 radical (unpaired) electrons. The molecule has 0 bridgehead atoms. The number of aryl methyl sites for hydroxylation is 1. The third-order valence-corrected chi connectivity index (χ3v) is 3.62. The van der Waals surface area contributed by atoms with Gasteiger partial charge in [-0.05, 0) is 18.8 Å². The largest absolute Gasteiger partial charge is 0.338 e. The average Bonchev–Trinajstić information content (AvgIpc) is 2.34. The Labute approximate surface area is 80.0 Å². The number of hydrogen-bond donors (Lipinski definition) is 0. The second-order valence-corrected chi connectivity index (χ2v) is 4.53. The first kappa shape index (κ1) is 8.79. The summed E-state index contributed by atoms with van der Waals surface area (Å²) in [4.78, 5) is 4.49. The Hall–Kier alpha value is -0.790. The molecule has 0 aromatic carbocycles. The summed E-state index contributed by atoms with van der Waals surface area (Å²) in [6.07, 6.45) is 7.96. The molecule has 0 aliphatic heterocycles. The Morgan fingerprint density at radius 1 is 1.46 bits per heavy atom. The lowest BCUT2D eigenvalue weighted by molar-refractivity contribution is 0.153. The number of aromatic nitrogens is 2. The Morgan fingerprint density at radius 2 is 2.15 bits per heavy atom. The molecule has 1 aliphatic carbocycles. The molecule has 0 spiro atoms. The van der Waals surface area contributed by atoms with Crippen LogP contribution in [0.3, 0.4) is 0 Å². The highest BCUT2D eigenvalue weighted by Gasteiger charge is 2.44. The topological polar surface area (TPSA) is 17.8 Å². The van der Waals surface area contributed by atoms with Gasteiger partial charge >= 0.3 is 0 Å². The summed E-state index contributed by atoms with van der Waals surface area (Å²) in [5.41, 5.74) is 0.387. The minimum atomic E-state index is 0.387. The van der Waals surface area contributed by atoms with E-state index in [1.807, 2.05) is 6.20 Å². The lowest BCUT2D eigenvalue weighted by Gasteiger charge is -2.44. The van der Waals surface area contributed by atoms with E-state index in [2.05, 4.69) is 36.6 Å². The quantitative estimate of drug-likeness (QED) is 0.680. The van der Waals surface area contributed by atoms with Gasteiger partial charge in [-0.2, -0.15) is 0 Å². The highest BCUT2D eigenvalue weighted by atomic mass is 15.1. The van der Waals surface area contributed by atoms with Gasteiger partial charge in [0, 0.05) is 24.9 Å². The van der Waals surface area contributed by atoms with E-state index in [9.17, 15) is 0 Å². The summed E-state index contributed by atoms with van der Waals surface area (Å²) < 4.78 is 2.18. The zero-order valence-electron chi connectivity index (χ0n) is 8.75. The van der Waals surface area contributed by atoms with E-state index in [0.717, 1.165) is 0 Å². The fraction of sp³-hybridized carbons (Fsp3) is 0.727. The monoisotopic (exact) mass is 178 g/mol. The second kappa shape index (κ2) is 2.86. The van der Waals surface area contributed by atoms with Crippen LogP contribution < -0.4 is 0 Å². The highest BCUT2D eigenvalue weighted by Crippen LogP contribution is 2.48. The van der Waals surface area contributed by atoms with Crippen molar-refractivity contribution in [2.75, 3.05) is 0 Å². The molecule has 1 heterocycles. The molecule has 13 heavy (non-hydrogen) atoms. The van der Waals surface area contributed by atoms with E-state index in [4.69, 9.17) is 0 Å². The Balaban J connectivity index is 2.37. The molecule has 0 amide bonds. The SMILES string of the molecule is CC(C)C1(c2nccn2C)CCC1. The molecule has 0 saturated heterocycles. The van der Waals surface area contributed by atoms with Gasteiger partial charge in [-0.1, -0.05) is 20.3 Å². The molecule has 2 nitrogen and oxygen atoms in total. The smallest absolute Gasteiger partial charge is 0.114 e. The molecule has 0 atom stereocenters. The Morgan fingerprint density at radius 3 is 2.46 bits per heavy atom. The molecule has 0 N–H and O–H groups in total. The lowest BCUT2D eigenvalue weighted by atomic mass is 9.61. The third-order valence-electron chi connectivity index (χ3n) is 3.62. The van der Waals surface area contributed by atoms with Crippen molar-refractivity contribution in [3.8, 4) is 0 Å². The first-order valence-corrected chi connectivity index (χ1v) is 5.14. The predicted octanol–water partition coefficient (Wildman–Crippen LogP) is 2.50. The fourth-order valence-corrected chi connectivity index (χ4v) is 2.46. The maximum atomic E-state index is 4.49. The van der Waals surface area contributed by atoms with Crippen LogP contribution in [0.2, 0.25) is 0 Å². The van der Waals surface area contributed by atoms with Crippen LogP contribution in [0, 0.1) is 5.92 Å². The average molecular weight is 178 g/mol. The number of hydrogen-bond acceptors (Lipinski definition) is 1. The van der Waals surface area contributed by atoms with Crippen molar-refractivity contribution in [2.45, 2.75) is 38.5 Å². The third kappa shape index (κ3) is 1.11. The van der Waals surface area contributed by atoms with Gasteiger partial charge in [-0.3, -0.25) is 0 Å². The van der Waals surface area contributed by atoms with Crippen LogP contribution in [0.1, 0.15) is 38.9 Å². The van der Waals surface area contributed by atoms with Gasteiger partial charge in [0.05, 0.1) is 0 Å². The van der Waals surface area contributed by atoms with Crippen molar-refractivity contribution < 1.29 is 0 Å². The van der Waals surface area contributed by atoms with Crippen LogP contribution in [0.15, 0.2) is 12.4 Å². The molecular weight excluding hydrogens is 160 g/mol. The minimum Gasteiger partial charge on any atom is -0.338 e. The Bertz CT molecular complexity index is 295. The Kier molecular flexibility index (Phi) is 1.94. The van der Waals surface area contributed by atoms with Gasteiger partial charge in [-0.25, -0.2) is 4.98 Å². The van der Waals surface area contributed by atoms with Gasteiger partial charge in [0.1, 0.15) is 5.82 Å². The molecule has 2 rings (SSSR count). The molecule has 1 saturated carbocycles. The molecule has 1 aromatic heterocycles. The fourth-order valence-electron chi connectivity index (χ4n) is 2.46. The summed E-state index contributed by atoms with van der Waals surface area (Å²) in [6.45, 7) is 4.63. The highest BCUT2D eigenvalue weighted by molar-refractivity contribution is 5.16. The maximum absolute atomic E-state index is 4.49. The van der Waals surface area contributed by atoms with Crippen LogP contribution in [-0.2, 0) is 12.5 Å². The lowest BCUT2D eigenvalue weighted by Crippen LogP contribution is -2.41. The maximum Gasteiger partial charge on any atom is 0.114 e. The van der Waals surface area contributed by atoms with Gasteiger partial charge in [-0.15, -0.1) is 0 Å². The van der Waals surface area contributed by atoms with Crippen molar-refractivity contribution in [3.05, 3.63) is 18.2 Å². The second-order valence-electron chi connectivity index (χ2n) is 4.53. The van der Waals surface area contributed by atoms with Crippen LogP contribution in [0.5, 0.6) is 0 Å². The number of nitrogens with zero attached hydrogens (tertiary/aromatic N) is 2. The number of rotatable bonds is 2. The van der Waals surface area contributed by atoms with E-state index in [0.29, 0.717) is 11.3 Å². The molecule has 1 aromatic rings. The first-order chi connectivity index (χ1) is 6.17. The first-order valence-electron chi connectivity index (χ1n) is 5.14. The van der Waals surface area contributed by atoms with Gasteiger partial charge in [0.25, 0.3) is 0 Å². The van der Waals surface area contributed by atoms with E-state index < -0.39 is 0 Å². The summed E-state index contributed by atoms with van der Waals surface area (Å²) in [6, 6.07) is 0. The summed E-state index contributed by atoms with van der Waals surface area (Å²) in [5, 5.41) is 0. The van der Waals surface area contributed by atoms with Gasteiger partial charge in [0.15, 0.2) is 0 Å². The standard InChI is InChI=1S/C11H18N2/c1-9(2)11(5-4-6-11)10-12-7-8-13(10)3/h7-9H,4-6H2,1-3H3. The number of imidazole rings is 1. The van der Waals surface area contributed by atoms with E-state index in [1.165, 1.54) is 25.1 Å². The summed E-state index contributed by atoms with van der Waals surface area (Å²) in [7, 11) is 2.10. The zero-order chi connectivity index (χ0) is 9.47. The normalized spacial score (nSPS) is 20.3. The van der Waals surface area contributed by atoms with Crippen molar-refractivity contribution in [2.24, 2.45) is 13.0 Å². The van der Waals surface area contributed by atoms with Crippen molar-refractivity contribution in [1.29, 1.82) is 0 Å². The van der Waals surface area contributed by atoms with E-state index in [-0.39, 0.29) is 0 Å². The van der Waals surface area contributed by atoms with E-state index >= 15 is 0 Å². The molecule has 72 valence electrons. The molecule has 0 unspecified atom stereocenters. The van der Waals surface area contributed by atoms with Crippen LogP contribution in [0.4, 0.5) is 0 Å².